The van der Waals surface area contributed by atoms with Crippen LogP contribution >= 0.6 is 0 Å². The number of nitrogens with one attached hydrogen (secondary N) is 1. The average Bonchev–Trinajstić information content (AvgIpc) is 2.09. The van der Waals surface area contributed by atoms with Gasteiger partial charge in [0, 0.05) is 17.7 Å². The summed E-state index contributed by atoms with van der Waals surface area (Å²) in [5.41, 5.74) is 1.07. The van der Waals surface area contributed by atoms with E-state index in [1.807, 2.05) is 0 Å². The summed E-state index contributed by atoms with van der Waals surface area (Å²) in [7, 11) is 0. The Morgan fingerprint density at radius 3 is 2.93 bits per heavy atom. The second-order valence-corrected chi connectivity index (χ2v) is 3.04. The molecule has 1 aromatic rings. The summed E-state index contributed by atoms with van der Waals surface area (Å²) in [6, 6.07) is 0. The lowest BCUT2D eigenvalue weighted by molar-refractivity contribution is -0.137. The molecule has 0 aliphatic carbocycles. The van der Waals surface area contributed by atoms with Crippen molar-refractivity contribution in [2.75, 3.05) is 0 Å². The summed E-state index contributed by atoms with van der Waals surface area (Å²) >= 11 is 0. The van der Waals surface area contributed by atoms with Crippen LogP contribution in [-0.4, -0.2) is 21.0 Å². The zero-order valence-corrected chi connectivity index (χ0v) is 7.91. The monoisotopic (exact) mass is 196 g/mol. The van der Waals surface area contributed by atoms with E-state index in [0.717, 1.165) is 0 Å². The van der Waals surface area contributed by atoms with Crippen LogP contribution in [0, 0.1) is 6.92 Å². The van der Waals surface area contributed by atoms with Crippen molar-refractivity contribution in [3.05, 3.63) is 27.9 Å². The van der Waals surface area contributed by atoms with Crippen LogP contribution in [-0.2, 0) is 11.2 Å². The third-order valence-corrected chi connectivity index (χ3v) is 1.98. The minimum absolute atomic E-state index is 0.0772. The van der Waals surface area contributed by atoms with Crippen molar-refractivity contribution in [1.82, 2.24) is 9.97 Å². The Morgan fingerprint density at radius 1 is 1.64 bits per heavy atom. The standard InChI is InChI=1S/C9H12N2O3/c1-6-7(3-2-4-8(12)13)9(14)11-5-10-6/h5H,2-4H2,1H3,(H,12,13)(H,10,11,14). The Morgan fingerprint density at radius 2 is 2.36 bits per heavy atom. The molecule has 5 nitrogen and oxygen atoms in total. The van der Waals surface area contributed by atoms with Crippen LogP contribution in [0.25, 0.3) is 0 Å². The van der Waals surface area contributed by atoms with E-state index in [1.54, 1.807) is 6.92 Å². The average molecular weight is 196 g/mol. The molecular formula is C9H12N2O3. The number of aromatic nitrogens is 2. The van der Waals surface area contributed by atoms with Crippen molar-refractivity contribution < 1.29 is 9.90 Å². The van der Waals surface area contributed by atoms with Gasteiger partial charge in [-0.25, -0.2) is 4.98 Å². The molecule has 1 aromatic heterocycles. The zero-order chi connectivity index (χ0) is 10.6. The second kappa shape index (κ2) is 4.55. The highest BCUT2D eigenvalue weighted by Crippen LogP contribution is 2.02. The number of carbonyl (C=O) groups is 1. The van der Waals surface area contributed by atoms with Gasteiger partial charge in [0.15, 0.2) is 0 Å². The van der Waals surface area contributed by atoms with Crippen molar-refractivity contribution in [1.29, 1.82) is 0 Å². The third kappa shape index (κ3) is 2.69. The molecule has 0 radical (unpaired) electrons. The fourth-order valence-electron chi connectivity index (χ4n) is 1.23. The van der Waals surface area contributed by atoms with Gasteiger partial charge in [-0.15, -0.1) is 0 Å². The Bertz CT molecular complexity index is 384. The molecule has 0 saturated heterocycles. The lowest BCUT2D eigenvalue weighted by Gasteiger charge is -2.01. The van der Waals surface area contributed by atoms with Gasteiger partial charge in [0.2, 0.25) is 0 Å². The number of nitrogens with zero attached hydrogens (tertiary/aromatic N) is 1. The van der Waals surface area contributed by atoms with Crippen molar-refractivity contribution in [3.63, 3.8) is 0 Å². The number of H-pyrrole nitrogens is 1. The van der Waals surface area contributed by atoms with E-state index in [9.17, 15) is 9.59 Å². The lowest BCUT2D eigenvalue weighted by Crippen LogP contribution is -2.15. The molecule has 0 saturated carbocycles. The summed E-state index contributed by atoms with van der Waals surface area (Å²) in [4.78, 5) is 27.9. The Labute approximate surface area is 80.8 Å². The van der Waals surface area contributed by atoms with Crippen LogP contribution in [0.15, 0.2) is 11.1 Å². The van der Waals surface area contributed by atoms with Gasteiger partial charge in [-0.3, -0.25) is 9.59 Å². The number of aryl methyl sites for hydroxylation is 1. The molecule has 0 aromatic carbocycles. The minimum atomic E-state index is -0.844. The number of aromatic amines is 1. The number of hydrogen-bond donors (Lipinski definition) is 2. The molecule has 0 aliphatic heterocycles. The van der Waals surface area contributed by atoms with Crippen LogP contribution in [0.3, 0.4) is 0 Å². The quantitative estimate of drug-likeness (QED) is 0.733. The summed E-state index contributed by atoms with van der Waals surface area (Å²) in [5.74, 6) is -0.844. The van der Waals surface area contributed by atoms with Crippen molar-refractivity contribution >= 4 is 5.97 Å². The van der Waals surface area contributed by atoms with Crippen LogP contribution in [0.1, 0.15) is 24.1 Å². The third-order valence-electron chi connectivity index (χ3n) is 1.98. The maximum Gasteiger partial charge on any atom is 0.303 e. The Balaban J connectivity index is 2.67. The lowest BCUT2D eigenvalue weighted by atomic mass is 10.1. The molecule has 0 spiro atoms. The van der Waals surface area contributed by atoms with Crippen molar-refractivity contribution in [2.24, 2.45) is 0 Å². The predicted molar refractivity (Wildman–Crippen MR) is 50.2 cm³/mol. The van der Waals surface area contributed by atoms with Gasteiger partial charge in [0.1, 0.15) is 0 Å². The SMILES string of the molecule is Cc1nc[nH]c(=O)c1CCCC(=O)O. The predicted octanol–water partition coefficient (Wildman–Crippen LogP) is 0.486. The zero-order valence-electron chi connectivity index (χ0n) is 7.91. The Kier molecular flexibility index (Phi) is 3.39. The summed E-state index contributed by atoms with van der Waals surface area (Å²) < 4.78 is 0. The number of carboxylic acids is 1. The molecule has 0 atom stereocenters. The second-order valence-electron chi connectivity index (χ2n) is 3.04. The van der Waals surface area contributed by atoms with Gasteiger partial charge in [-0.2, -0.15) is 0 Å². The van der Waals surface area contributed by atoms with Gasteiger partial charge < -0.3 is 10.1 Å². The highest BCUT2D eigenvalue weighted by molar-refractivity contribution is 5.66. The molecule has 0 unspecified atom stereocenters. The largest absolute Gasteiger partial charge is 0.481 e. The summed E-state index contributed by atoms with van der Waals surface area (Å²) in [5, 5.41) is 8.43. The maximum absolute atomic E-state index is 11.3. The van der Waals surface area contributed by atoms with Crippen LogP contribution in [0.5, 0.6) is 0 Å². The van der Waals surface area contributed by atoms with E-state index in [1.165, 1.54) is 6.33 Å². The molecule has 5 heteroatoms. The van der Waals surface area contributed by atoms with Gasteiger partial charge >= 0.3 is 5.97 Å². The first-order valence-electron chi connectivity index (χ1n) is 4.36. The van der Waals surface area contributed by atoms with Gasteiger partial charge in [0.05, 0.1) is 6.33 Å². The normalized spacial score (nSPS) is 10.1. The van der Waals surface area contributed by atoms with E-state index in [4.69, 9.17) is 5.11 Å². The van der Waals surface area contributed by atoms with E-state index >= 15 is 0 Å². The first-order valence-corrected chi connectivity index (χ1v) is 4.36. The molecule has 14 heavy (non-hydrogen) atoms. The van der Waals surface area contributed by atoms with Crippen LogP contribution < -0.4 is 5.56 Å². The first kappa shape index (κ1) is 10.4. The minimum Gasteiger partial charge on any atom is -0.481 e. The van der Waals surface area contributed by atoms with E-state index in [0.29, 0.717) is 24.1 Å². The van der Waals surface area contributed by atoms with E-state index < -0.39 is 5.97 Å². The summed E-state index contributed by atoms with van der Waals surface area (Å²) in [6.45, 7) is 1.74. The topological polar surface area (TPSA) is 83.0 Å². The Hall–Kier alpha value is -1.65. The highest BCUT2D eigenvalue weighted by Gasteiger charge is 2.05. The number of aliphatic carboxylic acids is 1. The molecule has 0 aliphatic rings. The molecule has 0 bridgehead atoms. The molecule has 1 heterocycles. The summed E-state index contributed by atoms with van der Waals surface area (Å²) in [6.07, 6.45) is 2.35. The first-order chi connectivity index (χ1) is 6.61. The van der Waals surface area contributed by atoms with Crippen molar-refractivity contribution in [2.45, 2.75) is 26.2 Å². The van der Waals surface area contributed by atoms with Crippen molar-refractivity contribution in [3.8, 4) is 0 Å². The molecular weight excluding hydrogens is 184 g/mol. The molecule has 1 rings (SSSR count). The fraction of sp³-hybridized carbons (Fsp3) is 0.444. The number of rotatable bonds is 4. The van der Waals surface area contributed by atoms with Gasteiger partial charge in [-0.1, -0.05) is 0 Å². The smallest absolute Gasteiger partial charge is 0.303 e. The molecule has 2 N–H and O–H groups in total. The fourth-order valence-corrected chi connectivity index (χ4v) is 1.23. The van der Waals surface area contributed by atoms with Gasteiger partial charge in [-0.05, 0) is 19.8 Å². The highest BCUT2D eigenvalue weighted by atomic mass is 16.4. The van der Waals surface area contributed by atoms with Crippen LogP contribution in [0.4, 0.5) is 0 Å². The molecule has 76 valence electrons. The number of carboxylic acid groups (broad SMARTS) is 1. The van der Waals surface area contributed by atoms with Gasteiger partial charge in [0.25, 0.3) is 5.56 Å². The van der Waals surface area contributed by atoms with E-state index in [2.05, 4.69) is 9.97 Å². The molecule has 0 fully saturated rings. The number of hydrogen-bond acceptors (Lipinski definition) is 3. The molecule has 0 amide bonds. The van der Waals surface area contributed by atoms with Crippen LogP contribution in [0.2, 0.25) is 0 Å². The van der Waals surface area contributed by atoms with E-state index in [-0.39, 0.29) is 12.0 Å². The maximum atomic E-state index is 11.3.